The molecular formula is C16H12Cl3NO. The van der Waals surface area contributed by atoms with Crippen molar-refractivity contribution in [1.82, 2.24) is 0 Å². The third kappa shape index (κ3) is 2.84. The molecule has 3 rings (SSSR count). The van der Waals surface area contributed by atoms with E-state index in [1.807, 2.05) is 31.2 Å². The van der Waals surface area contributed by atoms with E-state index >= 15 is 0 Å². The van der Waals surface area contributed by atoms with Crippen LogP contribution in [0.15, 0.2) is 40.8 Å². The molecule has 0 amide bonds. The minimum atomic E-state index is 0.442. The Morgan fingerprint density at radius 1 is 1.00 bits per heavy atom. The monoisotopic (exact) mass is 339 g/mol. The van der Waals surface area contributed by atoms with Crippen molar-refractivity contribution in [2.75, 3.05) is 5.32 Å². The van der Waals surface area contributed by atoms with E-state index in [0.717, 1.165) is 28.0 Å². The van der Waals surface area contributed by atoms with E-state index in [1.54, 1.807) is 12.1 Å². The summed E-state index contributed by atoms with van der Waals surface area (Å²) >= 11 is 18.1. The third-order valence-corrected chi connectivity index (χ3v) is 4.40. The van der Waals surface area contributed by atoms with Gasteiger partial charge in [-0.3, -0.25) is 0 Å². The van der Waals surface area contributed by atoms with Crippen molar-refractivity contribution in [3.63, 3.8) is 0 Å². The number of para-hydroxylation sites is 1. The van der Waals surface area contributed by atoms with Crippen LogP contribution in [0, 0.1) is 6.92 Å². The Hall–Kier alpha value is -1.35. The first kappa shape index (κ1) is 14.6. The van der Waals surface area contributed by atoms with Crippen LogP contribution in [-0.2, 0) is 6.54 Å². The molecule has 2 nitrogen and oxygen atoms in total. The van der Waals surface area contributed by atoms with Crippen molar-refractivity contribution in [3.8, 4) is 0 Å². The van der Waals surface area contributed by atoms with Crippen molar-refractivity contribution < 1.29 is 4.42 Å². The van der Waals surface area contributed by atoms with Crippen LogP contribution < -0.4 is 5.32 Å². The van der Waals surface area contributed by atoms with Gasteiger partial charge in [-0.05, 0) is 25.1 Å². The van der Waals surface area contributed by atoms with Crippen molar-refractivity contribution in [1.29, 1.82) is 0 Å². The van der Waals surface area contributed by atoms with Gasteiger partial charge in [0.15, 0.2) is 0 Å². The van der Waals surface area contributed by atoms with Crippen LogP contribution in [0.25, 0.3) is 11.0 Å². The highest BCUT2D eigenvalue weighted by molar-refractivity contribution is 6.44. The smallest absolute Gasteiger partial charge is 0.134 e. The predicted molar refractivity (Wildman–Crippen MR) is 89.7 cm³/mol. The van der Waals surface area contributed by atoms with Gasteiger partial charge in [-0.2, -0.15) is 0 Å². The number of aryl methyl sites for hydroxylation is 1. The minimum Gasteiger partial charge on any atom is -0.461 e. The van der Waals surface area contributed by atoms with Crippen LogP contribution in [0.2, 0.25) is 15.1 Å². The van der Waals surface area contributed by atoms with Gasteiger partial charge in [0.2, 0.25) is 0 Å². The molecule has 1 N–H and O–H groups in total. The highest BCUT2D eigenvalue weighted by atomic mass is 35.5. The van der Waals surface area contributed by atoms with Gasteiger partial charge < -0.3 is 9.73 Å². The Morgan fingerprint density at radius 2 is 1.71 bits per heavy atom. The second kappa shape index (κ2) is 5.80. The topological polar surface area (TPSA) is 25.2 Å². The molecule has 3 aromatic rings. The average Bonchev–Trinajstić information content (AvgIpc) is 2.77. The second-order valence-electron chi connectivity index (χ2n) is 4.73. The molecular weight excluding hydrogens is 329 g/mol. The first-order chi connectivity index (χ1) is 10.1. The SMILES string of the molecule is Cc1oc2ccccc2c1CNc1cc(Cl)c(Cl)cc1Cl. The molecule has 0 saturated heterocycles. The highest BCUT2D eigenvalue weighted by Crippen LogP contribution is 2.33. The fourth-order valence-electron chi connectivity index (χ4n) is 2.28. The van der Waals surface area contributed by atoms with E-state index in [1.165, 1.54) is 0 Å². The van der Waals surface area contributed by atoms with Gasteiger partial charge in [-0.15, -0.1) is 0 Å². The summed E-state index contributed by atoms with van der Waals surface area (Å²) in [5.74, 6) is 0.889. The molecule has 0 spiro atoms. The summed E-state index contributed by atoms with van der Waals surface area (Å²) in [6.45, 7) is 2.55. The van der Waals surface area contributed by atoms with Gasteiger partial charge in [0.05, 0.1) is 20.8 Å². The van der Waals surface area contributed by atoms with E-state index in [0.29, 0.717) is 21.6 Å². The van der Waals surface area contributed by atoms with Crippen LogP contribution in [0.4, 0.5) is 5.69 Å². The van der Waals surface area contributed by atoms with Gasteiger partial charge in [-0.25, -0.2) is 0 Å². The normalized spacial score (nSPS) is 11.0. The first-order valence-corrected chi connectivity index (χ1v) is 7.55. The van der Waals surface area contributed by atoms with Gasteiger partial charge in [0.1, 0.15) is 11.3 Å². The zero-order chi connectivity index (χ0) is 15.0. The lowest BCUT2D eigenvalue weighted by Crippen LogP contribution is -2.00. The molecule has 0 radical (unpaired) electrons. The molecule has 1 aromatic heterocycles. The number of anilines is 1. The third-order valence-electron chi connectivity index (χ3n) is 3.37. The van der Waals surface area contributed by atoms with E-state index in [9.17, 15) is 0 Å². The minimum absolute atomic E-state index is 0.442. The Labute approximate surface area is 137 Å². The standard InChI is InChI=1S/C16H12Cl3NO/c1-9-11(10-4-2-3-5-16(10)21-9)8-20-15-7-13(18)12(17)6-14(15)19/h2-7,20H,8H2,1H3. The highest BCUT2D eigenvalue weighted by Gasteiger charge is 2.11. The van der Waals surface area contributed by atoms with Crippen LogP contribution in [0.1, 0.15) is 11.3 Å². The molecule has 0 aliphatic rings. The van der Waals surface area contributed by atoms with E-state index in [4.69, 9.17) is 39.2 Å². The molecule has 108 valence electrons. The summed E-state index contributed by atoms with van der Waals surface area (Å²) in [5, 5.41) is 5.83. The second-order valence-corrected chi connectivity index (χ2v) is 5.95. The molecule has 0 bridgehead atoms. The van der Waals surface area contributed by atoms with Gasteiger partial charge in [0.25, 0.3) is 0 Å². The van der Waals surface area contributed by atoms with Crippen molar-refractivity contribution >= 4 is 51.5 Å². The fourth-order valence-corrected chi connectivity index (χ4v) is 2.90. The summed E-state index contributed by atoms with van der Waals surface area (Å²) < 4.78 is 5.74. The number of hydrogen-bond donors (Lipinski definition) is 1. The van der Waals surface area contributed by atoms with Gasteiger partial charge in [-0.1, -0.05) is 53.0 Å². The molecule has 0 unspecified atom stereocenters. The summed E-state index contributed by atoms with van der Waals surface area (Å²) in [5.41, 5.74) is 2.73. The predicted octanol–water partition coefficient (Wildman–Crippen LogP) is 6.31. The zero-order valence-electron chi connectivity index (χ0n) is 11.2. The van der Waals surface area contributed by atoms with Crippen LogP contribution in [0.5, 0.6) is 0 Å². The largest absolute Gasteiger partial charge is 0.461 e. The maximum atomic E-state index is 6.17. The lowest BCUT2D eigenvalue weighted by atomic mass is 10.1. The maximum absolute atomic E-state index is 6.17. The van der Waals surface area contributed by atoms with Crippen LogP contribution >= 0.6 is 34.8 Å². The molecule has 0 aliphatic heterocycles. The molecule has 0 fully saturated rings. The van der Waals surface area contributed by atoms with E-state index in [-0.39, 0.29) is 0 Å². The van der Waals surface area contributed by atoms with Gasteiger partial charge in [0, 0.05) is 17.5 Å². The number of nitrogens with one attached hydrogen (secondary N) is 1. The van der Waals surface area contributed by atoms with Crippen molar-refractivity contribution in [2.45, 2.75) is 13.5 Å². The van der Waals surface area contributed by atoms with Crippen molar-refractivity contribution in [2.24, 2.45) is 0 Å². The number of fused-ring (bicyclic) bond motifs is 1. The summed E-state index contributed by atoms with van der Waals surface area (Å²) in [6, 6.07) is 11.3. The molecule has 0 atom stereocenters. The lowest BCUT2D eigenvalue weighted by Gasteiger charge is -2.09. The molecule has 2 aromatic carbocycles. The summed E-state index contributed by atoms with van der Waals surface area (Å²) in [7, 11) is 0. The summed E-state index contributed by atoms with van der Waals surface area (Å²) in [6.07, 6.45) is 0. The molecule has 0 saturated carbocycles. The number of rotatable bonds is 3. The quantitative estimate of drug-likeness (QED) is 0.565. The molecule has 1 heterocycles. The number of furan rings is 1. The van der Waals surface area contributed by atoms with Crippen molar-refractivity contribution in [3.05, 3.63) is 62.8 Å². The summed E-state index contributed by atoms with van der Waals surface area (Å²) in [4.78, 5) is 0. The molecule has 5 heteroatoms. The van der Waals surface area contributed by atoms with Crippen LogP contribution in [-0.4, -0.2) is 0 Å². The number of halogens is 3. The Bertz CT molecular complexity index is 811. The first-order valence-electron chi connectivity index (χ1n) is 6.41. The molecule has 21 heavy (non-hydrogen) atoms. The average molecular weight is 341 g/mol. The molecule has 0 aliphatic carbocycles. The Kier molecular flexibility index (Phi) is 4.03. The Balaban J connectivity index is 1.90. The Morgan fingerprint density at radius 3 is 2.52 bits per heavy atom. The zero-order valence-corrected chi connectivity index (χ0v) is 13.5. The fraction of sp³-hybridized carbons (Fsp3) is 0.125. The lowest BCUT2D eigenvalue weighted by molar-refractivity contribution is 0.573. The van der Waals surface area contributed by atoms with E-state index in [2.05, 4.69) is 5.32 Å². The maximum Gasteiger partial charge on any atom is 0.134 e. The number of benzene rings is 2. The van der Waals surface area contributed by atoms with Gasteiger partial charge >= 0.3 is 0 Å². The van der Waals surface area contributed by atoms with Crippen LogP contribution in [0.3, 0.4) is 0 Å². The van der Waals surface area contributed by atoms with E-state index < -0.39 is 0 Å². The number of hydrogen-bond acceptors (Lipinski definition) is 2.